The van der Waals surface area contributed by atoms with Gasteiger partial charge in [-0.15, -0.1) is 11.6 Å². The Morgan fingerprint density at radius 2 is 1.89 bits per heavy atom. The number of carbonyl (C=O) groups is 1. The zero-order valence-corrected chi connectivity index (χ0v) is 25.5. The smallest absolute Gasteiger partial charge is 0.330 e. The number of aliphatic hydroxyl groups is 1. The molecule has 0 aliphatic carbocycles. The summed E-state index contributed by atoms with van der Waals surface area (Å²) < 4.78 is 4.59. The lowest BCUT2D eigenvalue weighted by molar-refractivity contribution is -0.134. The summed E-state index contributed by atoms with van der Waals surface area (Å²) in [5.74, 6) is 0.648. The van der Waals surface area contributed by atoms with E-state index in [0.717, 1.165) is 46.3 Å². The summed E-state index contributed by atoms with van der Waals surface area (Å²) in [6, 6.07) is 8.15. The normalized spacial score (nSPS) is 13.5. The number of aliphatic hydroxyl groups excluding tert-OH is 1. The molecule has 0 saturated carbocycles. The summed E-state index contributed by atoms with van der Waals surface area (Å²) in [6.07, 6.45) is 10.6. The van der Waals surface area contributed by atoms with Crippen molar-refractivity contribution in [3.63, 3.8) is 0 Å². The van der Waals surface area contributed by atoms with Gasteiger partial charge in [0.05, 0.1) is 12.1 Å². The fourth-order valence-corrected chi connectivity index (χ4v) is 4.32. The number of hydrogen-bond acceptors (Lipinski definition) is 6. The van der Waals surface area contributed by atoms with Crippen LogP contribution in [0.25, 0.3) is 0 Å². The van der Waals surface area contributed by atoms with Crippen molar-refractivity contribution in [1.29, 1.82) is 0 Å². The van der Waals surface area contributed by atoms with Crippen LogP contribution in [0.3, 0.4) is 0 Å². The van der Waals surface area contributed by atoms with E-state index in [1.807, 2.05) is 57.2 Å². The van der Waals surface area contributed by atoms with Gasteiger partial charge in [0.1, 0.15) is 0 Å². The van der Waals surface area contributed by atoms with Gasteiger partial charge >= 0.3 is 5.97 Å². The topological polar surface area (TPSA) is 84.6 Å². The molecule has 1 aromatic carbocycles. The first-order chi connectivity index (χ1) is 17.6. The number of methoxy groups -OCH3 is 1. The summed E-state index contributed by atoms with van der Waals surface area (Å²) in [6.45, 7) is 14.2. The Morgan fingerprint density at radius 3 is 2.38 bits per heavy atom. The van der Waals surface area contributed by atoms with Crippen LogP contribution < -0.4 is 11.1 Å². The molecular formula is C29H44Cl2N2O3S. The van der Waals surface area contributed by atoms with Crippen LogP contribution >= 0.6 is 35.0 Å². The second kappa shape index (κ2) is 23.0. The monoisotopic (exact) mass is 570 g/mol. The summed E-state index contributed by atoms with van der Waals surface area (Å²) in [4.78, 5) is 12.2. The number of hydrogen-bond donors (Lipinski definition) is 3. The third-order valence-corrected chi connectivity index (χ3v) is 7.09. The maximum Gasteiger partial charge on any atom is 0.330 e. The highest BCUT2D eigenvalue weighted by molar-refractivity contribution is 8.06. The van der Waals surface area contributed by atoms with Crippen molar-refractivity contribution in [2.75, 3.05) is 25.4 Å². The Balaban J connectivity index is 0. The molecule has 0 saturated heterocycles. The molecule has 0 spiro atoms. The van der Waals surface area contributed by atoms with Gasteiger partial charge in [-0.3, -0.25) is 0 Å². The lowest BCUT2D eigenvalue weighted by Gasteiger charge is -2.24. The second-order valence-corrected chi connectivity index (χ2v) is 9.72. The van der Waals surface area contributed by atoms with Crippen LogP contribution in [0.15, 0.2) is 81.9 Å². The molecule has 1 aromatic rings. The van der Waals surface area contributed by atoms with Crippen LogP contribution in [0.1, 0.15) is 46.6 Å². The van der Waals surface area contributed by atoms with Gasteiger partial charge < -0.3 is 20.9 Å². The third-order valence-electron chi connectivity index (χ3n) is 5.09. The minimum Gasteiger partial charge on any atom is -0.466 e. The van der Waals surface area contributed by atoms with Gasteiger partial charge in [0.25, 0.3) is 0 Å². The van der Waals surface area contributed by atoms with Crippen molar-refractivity contribution in [1.82, 2.24) is 0 Å². The molecule has 37 heavy (non-hydrogen) atoms. The summed E-state index contributed by atoms with van der Waals surface area (Å²) in [5, 5.41) is 12.0. The Kier molecular flexibility index (Phi) is 23.1. The Morgan fingerprint density at radius 1 is 1.24 bits per heavy atom. The van der Waals surface area contributed by atoms with Crippen LogP contribution in [0.4, 0.5) is 5.69 Å². The molecular weight excluding hydrogens is 527 g/mol. The van der Waals surface area contributed by atoms with Crippen molar-refractivity contribution in [3.05, 3.63) is 87.5 Å². The molecule has 8 heteroatoms. The maximum atomic E-state index is 11.1. The molecule has 0 heterocycles. The Bertz CT molecular complexity index is 923. The average Bonchev–Trinajstić information content (AvgIpc) is 2.90. The van der Waals surface area contributed by atoms with Crippen LogP contribution in [0.5, 0.6) is 0 Å². The van der Waals surface area contributed by atoms with E-state index in [0.29, 0.717) is 5.88 Å². The number of halogens is 2. The quantitative estimate of drug-likeness (QED) is 0.102. The molecule has 0 radical (unpaired) electrons. The zero-order valence-electron chi connectivity index (χ0n) is 23.2. The standard InChI is InChI=1S/C24H33ClN2O2S.C4H7Cl.CH4O/c1-7-22(25)16(2)17(3)24(18(4)26)30-19(5)27-21-13-10-12-20(15-21)11-8-9-14-23(28)29-6;1-2-3-4-5;1-2/h7,9-10,12-17,27H,5,8,11,26H2,1-4,6H3;2-3H,4H2,1H3;2H,1H3/b14-9+,22-7+,24-18+;3-2-;. The predicted octanol–water partition coefficient (Wildman–Crippen LogP) is 7.98. The van der Waals surface area contributed by atoms with Crippen molar-refractivity contribution < 1.29 is 14.6 Å². The SMILES string of the molecule is C/C=C\CCl.C=C(Nc1cccc(CC/C=C/C(=O)OC)c1)S/C(=C(\C)N)C(C)C(C)/C(Cl)=C\C.CO. The number of nitrogens with one attached hydrogen (secondary N) is 1. The van der Waals surface area contributed by atoms with E-state index in [-0.39, 0.29) is 17.8 Å². The molecule has 0 fully saturated rings. The molecule has 0 bridgehead atoms. The second-order valence-electron chi connectivity index (χ2n) is 7.84. The van der Waals surface area contributed by atoms with Crippen LogP contribution in [0, 0.1) is 11.8 Å². The number of thioether (sulfide) groups is 1. The first-order valence-electron chi connectivity index (χ1n) is 12.0. The molecule has 4 N–H and O–H groups in total. The summed E-state index contributed by atoms with van der Waals surface area (Å²) in [5.41, 5.74) is 9.07. The highest BCUT2D eigenvalue weighted by Gasteiger charge is 2.22. The molecule has 0 amide bonds. The van der Waals surface area contributed by atoms with Gasteiger partial charge in [0.15, 0.2) is 0 Å². The molecule has 208 valence electrons. The van der Waals surface area contributed by atoms with Gasteiger partial charge in [-0.05, 0) is 63.1 Å². The van der Waals surface area contributed by atoms with Gasteiger partial charge in [0, 0.05) is 40.4 Å². The number of rotatable bonds is 12. The molecule has 5 nitrogen and oxygen atoms in total. The van der Waals surface area contributed by atoms with E-state index in [1.165, 1.54) is 18.7 Å². The molecule has 0 aliphatic rings. The highest BCUT2D eigenvalue weighted by atomic mass is 35.5. The van der Waals surface area contributed by atoms with E-state index in [2.05, 4.69) is 42.6 Å². The van der Waals surface area contributed by atoms with Crippen molar-refractivity contribution >= 4 is 46.6 Å². The highest BCUT2D eigenvalue weighted by Crippen LogP contribution is 2.38. The van der Waals surface area contributed by atoms with Gasteiger partial charge in [0.2, 0.25) is 0 Å². The molecule has 1 rings (SSSR count). The van der Waals surface area contributed by atoms with E-state index >= 15 is 0 Å². The fourth-order valence-electron chi connectivity index (χ4n) is 2.97. The first-order valence-corrected chi connectivity index (χ1v) is 13.7. The number of aryl methyl sites for hydroxylation is 1. The first kappa shape index (κ1) is 37.0. The van der Waals surface area contributed by atoms with Crippen LogP contribution in [-0.4, -0.2) is 31.2 Å². The van der Waals surface area contributed by atoms with Crippen LogP contribution in [-0.2, 0) is 16.0 Å². The third kappa shape index (κ3) is 17.1. The van der Waals surface area contributed by atoms with Crippen molar-refractivity contribution in [2.24, 2.45) is 17.6 Å². The number of ether oxygens (including phenoxy) is 1. The number of anilines is 1. The van der Waals surface area contributed by atoms with Crippen molar-refractivity contribution in [3.8, 4) is 0 Å². The number of alkyl halides is 1. The van der Waals surface area contributed by atoms with Gasteiger partial charge in [-0.2, -0.15) is 0 Å². The average molecular weight is 572 g/mol. The predicted molar refractivity (Wildman–Crippen MR) is 165 cm³/mol. The number of carbonyl (C=O) groups excluding carboxylic acids is 1. The van der Waals surface area contributed by atoms with E-state index < -0.39 is 0 Å². The lowest BCUT2D eigenvalue weighted by atomic mass is 9.94. The number of allylic oxidation sites excluding steroid dienone is 7. The van der Waals surface area contributed by atoms with E-state index in [4.69, 9.17) is 34.0 Å². The minimum absolute atomic E-state index is 0.173. The molecule has 2 unspecified atom stereocenters. The molecule has 0 aliphatic heterocycles. The number of nitrogens with two attached hydrogens (primary N) is 1. The zero-order chi connectivity index (χ0) is 28.8. The van der Waals surface area contributed by atoms with E-state index in [1.54, 1.807) is 11.8 Å². The summed E-state index contributed by atoms with van der Waals surface area (Å²) in [7, 11) is 2.37. The number of esters is 1. The number of benzene rings is 1. The van der Waals surface area contributed by atoms with Gasteiger partial charge in [-0.1, -0.05) is 80.2 Å². The van der Waals surface area contributed by atoms with Crippen LogP contribution in [0.2, 0.25) is 0 Å². The summed E-state index contributed by atoms with van der Waals surface area (Å²) >= 11 is 13.1. The molecule has 2 atom stereocenters. The van der Waals surface area contributed by atoms with Crippen molar-refractivity contribution in [2.45, 2.75) is 47.5 Å². The van der Waals surface area contributed by atoms with E-state index in [9.17, 15) is 4.79 Å². The molecule has 0 aromatic heterocycles. The minimum atomic E-state index is -0.336. The van der Waals surface area contributed by atoms with Gasteiger partial charge in [-0.25, -0.2) is 4.79 Å². The fraction of sp³-hybridized carbons (Fsp3) is 0.414. The lowest BCUT2D eigenvalue weighted by Crippen LogP contribution is -2.14. The Labute approximate surface area is 238 Å². The largest absolute Gasteiger partial charge is 0.466 e. The Hall–Kier alpha value is -2.12. The maximum absolute atomic E-state index is 11.1.